The number of carbonyl (C=O) groups is 1. The molecule has 0 bridgehead atoms. The fourth-order valence-electron chi connectivity index (χ4n) is 0.655. The average molecular weight is 193 g/mol. The SMILES string of the molecule is [2H]c1c([2H])c([2H])c(C[C@H](O)C(=O)[O-])c([2H])c1[2H].[Na+]. The Balaban J connectivity index is 0.00000289. The first-order chi connectivity index (χ1) is 7.77. The zero-order chi connectivity index (χ0) is 13.3. The summed E-state index contributed by atoms with van der Waals surface area (Å²) in [5.74, 6) is -1.75. The van der Waals surface area contributed by atoms with Crippen molar-refractivity contribution in [2.75, 3.05) is 0 Å². The van der Waals surface area contributed by atoms with Crippen molar-refractivity contribution in [3.05, 3.63) is 35.8 Å². The van der Waals surface area contributed by atoms with Crippen LogP contribution in [-0.4, -0.2) is 17.2 Å². The number of rotatable bonds is 3. The van der Waals surface area contributed by atoms with Crippen LogP contribution in [0.1, 0.15) is 12.4 Å². The zero-order valence-corrected chi connectivity index (χ0v) is 9.05. The molecule has 0 radical (unpaired) electrons. The molecule has 0 amide bonds. The van der Waals surface area contributed by atoms with E-state index in [1.807, 2.05) is 0 Å². The summed E-state index contributed by atoms with van der Waals surface area (Å²) >= 11 is 0. The van der Waals surface area contributed by atoms with Crippen LogP contribution in [0.5, 0.6) is 0 Å². The molecule has 0 saturated heterocycles. The van der Waals surface area contributed by atoms with E-state index in [1.165, 1.54) is 0 Å². The van der Waals surface area contributed by atoms with Crippen molar-refractivity contribution < 1.29 is 51.4 Å². The number of aliphatic hydroxyl groups is 1. The normalized spacial score (nSPS) is 16.8. The van der Waals surface area contributed by atoms with E-state index in [-0.39, 0.29) is 35.1 Å². The van der Waals surface area contributed by atoms with E-state index in [4.69, 9.17) is 12.0 Å². The molecule has 0 heterocycles. The second-order valence-corrected chi connectivity index (χ2v) is 2.14. The smallest absolute Gasteiger partial charge is 0.547 e. The van der Waals surface area contributed by atoms with Crippen molar-refractivity contribution in [3.63, 3.8) is 0 Å². The second-order valence-electron chi connectivity index (χ2n) is 2.14. The Morgan fingerprint density at radius 2 is 2.08 bits per heavy atom. The van der Waals surface area contributed by atoms with E-state index in [9.17, 15) is 9.90 Å². The van der Waals surface area contributed by atoms with E-state index in [0.29, 0.717) is 0 Å². The van der Waals surface area contributed by atoms with E-state index < -0.39 is 48.7 Å². The van der Waals surface area contributed by atoms with Crippen LogP contribution in [0.3, 0.4) is 0 Å². The molecule has 64 valence electrons. The summed E-state index contributed by atoms with van der Waals surface area (Å²) in [4.78, 5) is 10.3. The van der Waals surface area contributed by atoms with Gasteiger partial charge in [-0.3, -0.25) is 0 Å². The van der Waals surface area contributed by atoms with Gasteiger partial charge in [0.15, 0.2) is 0 Å². The molecule has 0 aliphatic rings. The fraction of sp³-hybridized carbons (Fsp3) is 0.222. The number of hydrogen-bond acceptors (Lipinski definition) is 3. The predicted octanol–water partition coefficient (Wildman–Crippen LogP) is -3.66. The third-order valence-corrected chi connectivity index (χ3v) is 1.22. The Kier molecular flexibility index (Phi) is 2.93. The van der Waals surface area contributed by atoms with E-state index in [2.05, 4.69) is 0 Å². The molecule has 13 heavy (non-hydrogen) atoms. The molecule has 0 spiro atoms. The number of aliphatic carboxylic acids is 1. The van der Waals surface area contributed by atoms with Gasteiger partial charge < -0.3 is 15.0 Å². The molecule has 0 aromatic heterocycles. The first kappa shape index (κ1) is 6.19. The van der Waals surface area contributed by atoms with Crippen molar-refractivity contribution in [2.24, 2.45) is 0 Å². The third kappa shape index (κ3) is 4.43. The van der Waals surface area contributed by atoms with Gasteiger partial charge in [-0.1, -0.05) is 30.2 Å². The summed E-state index contributed by atoms with van der Waals surface area (Å²) in [6.07, 6.45) is -2.49. The Morgan fingerprint density at radius 3 is 2.54 bits per heavy atom. The molecule has 1 aromatic rings. The number of hydrogen-bond donors (Lipinski definition) is 1. The Hall–Kier alpha value is -0.350. The van der Waals surface area contributed by atoms with Crippen molar-refractivity contribution in [1.29, 1.82) is 0 Å². The van der Waals surface area contributed by atoms with Crippen molar-refractivity contribution in [3.8, 4) is 0 Å². The van der Waals surface area contributed by atoms with Gasteiger partial charge in [-0.15, -0.1) is 0 Å². The topological polar surface area (TPSA) is 60.4 Å². The van der Waals surface area contributed by atoms with Gasteiger partial charge in [-0.05, 0) is 5.56 Å². The van der Waals surface area contributed by atoms with Crippen LogP contribution in [0.2, 0.25) is 0 Å². The van der Waals surface area contributed by atoms with Gasteiger partial charge in [0.05, 0.1) is 18.9 Å². The summed E-state index contributed by atoms with van der Waals surface area (Å²) in [6, 6.07) is -2.72. The molecule has 0 aliphatic carbocycles. The maximum atomic E-state index is 10.3. The Bertz CT molecular complexity index is 451. The molecular formula is C9H9NaO3. The van der Waals surface area contributed by atoms with Crippen molar-refractivity contribution in [1.82, 2.24) is 0 Å². The summed E-state index contributed by atoms with van der Waals surface area (Å²) in [5.41, 5.74) is -0.243. The standard InChI is InChI=1S/C9H10O3.Na/c10-8(9(11)12)6-7-4-2-1-3-5-7;/h1-5,8,10H,6H2,(H,11,12);/q;+1/p-1/t8-;/m0./s1/i1D,2D,3D,4D,5D;. The second kappa shape index (κ2) is 6.16. The Labute approximate surface area is 106 Å². The van der Waals surface area contributed by atoms with Gasteiger partial charge in [-0.25, -0.2) is 0 Å². The minimum Gasteiger partial charge on any atom is -0.547 e. The number of carboxylic acids is 1. The summed E-state index contributed by atoms with van der Waals surface area (Å²) in [6.45, 7) is 0. The molecule has 1 rings (SSSR count). The maximum absolute atomic E-state index is 10.3. The zero-order valence-electron chi connectivity index (χ0n) is 12.0. The third-order valence-electron chi connectivity index (χ3n) is 1.22. The van der Waals surface area contributed by atoms with Gasteiger partial charge in [0.2, 0.25) is 0 Å². The molecule has 0 fully saturated rings. The molecule has 1 atom stereocenters. The number of aliphatic hydroxyl groups excluding tert-OH is 1. The number of benzene rings is 1. The first-order valence-electron chi connectivity index (χ1n) is 5.72. The Morgan fingerprint density at radius 1 is 1.54 bits per heavy atom. The molecule has 1 N–H and O–H groups in total. The van der Waals surface area contributed by atoms with Gasteiger partial charge in [0, 0.05) is 6.42 Å². The number of carboxylic acid groups (broad SMARTS) is 1. The van der Waals surface area contributed by atoms with Crippen molar-refractivity contribution in [2.45, 2.75) is 12.5 Å². The van der Waals surface area contributed by atoms with E-state index >= 15 is 0 Å². The van der Waals surface area contributed by atoms with Gasteiger partial charge in [0.25, 0.3) is 0 Å². The minimum absolute atomic E-state index is 0. The average Bonchev–Trinajstić information content (AvgIpc) is 2.29. The molecular weight excluding hydrogens is 179 g/mol. The monoisotopic (exact) mass is 193 g/mol. The molecule has 3 nitrogen and oxygen atoms in total. The fourth-order valence-corrected chi connectivity index (χ4v) is 0.655. The van der Waals surface area contributed by atoms with Crippen LogP contribution in [0, 0.1) is 0 Å². The molecule has 0 aliphatic heterocycles. The predicted molar refractivity (Wildman–Crippen MR) is 41.2 cm³/mol. The van der Waals surface area contributed by atoms with Crippen LogP contribution in [0.4, 0.5) is 0 Å². The molecule has 1 aromatic carbocycles. The van der Waals surface area contributed by atoms with Crippen LogP contribution >= 0.6 is 0 Å². The van der Waals surface area contributed by atoms with E-state index in [0.717, 1.165) is 0 Å². The minimum atomic E-state index is -1.90. The maximum Gasteiger partial charge on any atom is 1.00 e. The van der Waals surface area contributed by atoms with Gasteiger partial charge >= 0.3 is 29.6 Å². The molecule has 0 unspecified atom stereocenters. The van der Waals surface area contributed by atoms with E-state index in [1.54, 1.807) is 0 Å². The van der Waals surface area contributed by atoms with Gasteiger partial charge in [0.1, 0.15) is 0 Å². The van der Waals surface area contributed by atoms with Gasteiger partial charge in [-0.2, -0.15) is 0 Å². The summed E-state index contributed by atoms with van der Waals surface area (Å²) in [7, 11) is 0. The van der Waals surface area contributed by atoms with Crippen molar-refractivity contribution >= 4 is 5.97 Å². The first-order valence-corrected chi connectivity index (χ1v) is 3.22. The molecule has 0 saturated carbocycles. The summed E-state index contributed by atoms with van der Waals surface area (Å²) < 4.78 is 36.9. The quantitative estimate of drug-likeness (QED) is 0.503. The van der Waals surface area contributed by atoms with Crippen LogP contribution in [0.15, 0.2) is 30.2 Å². The molecule has 4 heteroatoms. The largest absolute Gasteiger partial charge is 1.00 e. The number of carbonyl (C=O) groups excluding carboxylic acids is 1. The van der Waals surface area contributed by atoms with Crippen LogP contribution < -0.4 is 34.7 Å². The van der Waals surface area contributed by atoms with Crippen LogP contribution in [-0.2, 0) is 11.2 Å². The summed E-state index contributed by atoms with van der Waals surface area (Å²) in [5, 5.41) is 19.4. The van der Waals surface area contributed by atoms with Crippen LogP contribution in [0.25, 0.3) is 0 Å².